The van der Waals surface area contributed by atoms with Crippen LogP contribution in [0.1, 0.15) is 54.0 Å². The number of rotatable bonds is 5. The van der Waals surface area contributed by atoms with Gasteiger partial charge in [-0.05, 0) is 81.0 Å². The predicted molar refractivity (Wildman–Crippen MR) is 118 cm³/mol. The first-order valence-electron chi connectivity index (χ1n) is 9.57. The first-order valence-corrected chi connectivity index (χ1v) is 10.4. The lowest BCUT2D eigenvalue weighted by Gasteiger charge is -2.34. The maximum Gasteiger partial charge on any atom is 0.280 e. The highest BCUT2D eigenvalue weighted by Gasteiger charge is 2.36. The van der Waals surface area contributed by atoms with Gasteiger partial charge in [0, 0.05) is 29.0 Å². The molecule has 1 aromatic carbocycles. The number of benzene rings is 1. The SMILES string of the molecule is Cc1ccc(C)c(N(C(=O)c2csnn2)C(C(=O)NC(C)(C)C)c2ccncc2)c1. The van der Waals surface area contributed by atoms with Gasteiger partial charge in [-0.3, -0.25) is 19.5 Å². The van der Waals surface area contributed by atoms with Gasteiger partial charge in [-0.15, -0.1) is 5.10 Å². The molecule has 3 aromatic rings. The van der Waals surface area contributed by atoms with Crippen molar-refractivity contribution in [1.29, 1.82) is 0 Å². The molecule has 3 rings (SSSR count). The highest BCUT2D eigenvalue weighted by atomic mass is 32.1. The Kier molecular flexibility index (Phi) is 6.26. The Morgan fingerprint density at radius 2 is 1.80 bits per heavy atom. The summed E-state index contributed by atoms with van der Waals surface area (Å²) in [5.41, 5.74) is 2.89. The van der Waals surface area contributed by atoms with Crippen molar-refractivity contribution in [2.75, 3.05) is 4.90 Å². The van der Waals surface area contributed by atoms with Crippen LogP contribution < -0.4 is 10.2 Å². The summed E-state index contributed by atoms with van der Waals surface area (Å²) in [6.45, 7) is 9.58. The van der Waals surface area contributed by atoms with E-state index in [9.17, 15) is 9.59 Å². The number of hydrogen-bond donors (Lipinski definition) is 1. The lowest BCUT2D eigenvalue weighted by atomic mass is 10.00. The van der Waals surface area contributed by atoms with Crippen molar-refractivity contribution in [2.24, 2.45) is 0 Å². The first kappa shape index (κ1) is 21.6. The van der Waals surface area contributed by atoms with E-state index >= 15 is 0 Å². The fourth-order valence-corrected chi connectivity index (χ4v) is 3.56. The van der Waals surface area contributed by atoms with Gasteiger partial charge in [-0.2, -0.15) is 0 Å². The number of carbonyl (C=O) groups excluding carboxylic acids is 2. The van der Waals surface area contributed by atoms with Crippen LogP contribution in [0.5, 0.6) is 0 Å². The van der Waals surface area contributed by atoms with Crippen LogP contribution in [0.25, 0.3) is 0 Å². The van der Waals surface area contributed by atoms with E-state index in [1.807, 2.05) is 52.8 Å². The molecule has 0 saturated heterocycles. The summed E-state index contributed by atoms with van der Waals surface area (Å²) in [5, 5.41) is 8.56. The molecule has 0 aliphatic carbocycles. The molecule has 2 amide bonds. The van der Waals surface area contributed by atoms with Crippen LogP contribution in [0.3, 0.4) is 0 Å². The van der Waals surface area contributed by atoms with E-state index < -0.39 is 11.6 Å². The Bertz CT molecular complexity index is 1030. The molecule has 7 nitrogen and oxygen atoms in total. The summed E-state index contributed by atoms with van der Waals surface area (Å²) in [7, 11) is 0. The molecule has 0 bridgehead atoms. The average Bonchev–Trinajstić information content (AvgIpc) is 3.21. The first-order chi connectivity index (χ1) is 14.2. The third-order valence-electron chi connectivity index (χ3n) is 4.45. The fraction of sp³-hybridized carbons (Fsp3) is 0.318. The average molecular weight is 424 g/mol. The minimum absolute atomic E-state index is 0.198. The molecule has 156 valence electrons. The van der Waals surface area contributed by atoms with E-state index in [0.717, 1.165) is 22.7 Å². The zero-order chi connectivity index (χ0) is 21.9. The summed E-state index contributed by atoms with van der Waals surface area (Å²) < 4.78 is 3.83. The van der Waals surface area contributed by atoms with Crippen LogP contribution in [0.15, 0.2) is 48.1 Å². The van der Waals surface area contributed by atoms with Gasteiger partial charge in [0.1, 0.15) is 6.04 Å². The summed E-state index contributed by atoms with van der Waals surface area (Å²) in [6.07, 6.45) is 3.23. The molecular weight excluding hydrogens is 398 g/mol. The number of aromatic nitrogens is 3. The maximum absolute atomic E-state index is 13.6. The Hall–Kier alpha value is -3.13. The third kappa shape index (κ3) is 4.88. The summed E-state index contributed by atoms with van der Waals surface area (Å²) in [5.74, 6) is -0.672. The number of aryl methyl sites for hydroxylation is 2. The summed E-state index contributed by atoms with van der Waals surface area (Å²) >= 11 is 1.09. The maximum atomic E-state index is 13.6. The molecule has 1 unspecified atom stereocenters. The molecule has 1 atom stereocenters. The Morgan fingerprint density at radius 1 is 1.10 bits per heavy atom. The lowest BCUT2D eigenvalue weighted by Crippen LogP contribution is -2.49. The lowest BCUT2D eigenvalue weighted by molar-refractivity contribution is -0.123. The molecule has 0 radical (unpaired) electrons. The van der Waals surface area contributed by atoms with E-state index in [1.165, 1.54) is 4.90 Å². The van der Waals surface area contributed by atoms with Gasteiger partial charge in [0.2, 0.25) is 5.91 Å². The van der Waals surface area contributed by atoms with Crippen molar-refractivity contribution in [1.82, 2.24) is 19.9 Å². The Morgan fingerprint density at radius 3 is 2.40 bits per heavy atom. The van der Waals surface area contributed by atoms with Gasteiger partial charge >= 0.3 is 0 Å². The van der Waals surface area contributed by atoms with Crippen molar-refractivity contribution in [3.8, 4) is 0 Å². The van der Waals surface area contributed by atoms with Crippen LogP contribution in [0.2, 0.25) is 0 Å². The van der Waals surface area contributed by atoms with Gasteiger partial charge in [-0.1, -0.05) is 16.6 Å². The second kappa shape index (κ2) is 8.71. The van der Waals surface area contributed by atoms with E-state index in [4.69, 9.17) is 0 Å². The number of nitrogens with zero attached hydrogens (tertiary/aromatic N) is 4. The van der Waals surface area contributed by atoms with Gasteiger partial charge < -0.3 is 5.32 Å². The Labute approximate surface area is 180 Å². The topological polar surface area (TPSA) is 88.1 Å². The molecule has 0 spiro atoms. The number of anilines is 1. The third-order valence-corrected chi connectivity index (χ3v) is 4.95. The minimum atomic E-state index is -0.901. The van der Waals surface area contributed by atoms with Crippen LogP contribution in [-0.2, 0) is 4.79 Å². The Balaban J connectivity index is 2.21. The van der Waals surface area contributed by atoms with E-state index in [0.29, 0.717) is 11.3 Å². The molecule has 0 fully saturated rings. The molecule has 0 saturated carbocycles. The standard InChI is InChI=1S/C22H25N5O2S/c1-14-6-7-15(2)18(12-14)27(21(29)17-13-30-26-25-17)19(16-8-10-23-11-9-16)20(28)24-22(3,4)5/h6-13,19H,1-5H3,(H,24,28). The van der Waals surface area contributed by atoms with Crippen LogP contribution in [0, 0.1) is 13.8 Å². The van der Waals surface area contributed by atoms with E-state index in [2.05, 4.69) is 19.9 Å². The van der Waals surface area contributed by atoms with Gasteiger partial charge in [-0.25, -0.2) is 0 Å². The smallest absolute Gasteiger partial charge is 0.280 e. The zero-order valence-electron chi connectivity index (χ0n) is 17.7. The minimum Gasteiger partial charge on any atom is -0.349 e. The molecule has 0 aliphatic heterocycles. The number of carbonyl (C=O) groups is 2. The van der Waals surface area contributed by atoms with Crippen molar-refractivity contribution in [2.45, 2.75) is 46.2 Å². The number of amides is 2. The molecule has 1 N–H and O–H groups in total. The fourth-order valence-electron chi connectivity index (χ4n) is 3.13. The van der Waals surface area contributed by atoms with E-state index in [-0.39, 0.29) is 17.5 Å². The highest BCUT2D eigenvalue weighted by Crippen LogP contribution is 2.33. The zero-order valence-corrected chi connectivity index (χ0v) is 18.5. The summed E-state index contributed by atoms with van der Waals surface area (Å²) in [6, 6.07) is 8.42. The van der Waals surface area contributed by atoms with E-state index in [1.54, 1.807) is 29.9 Å². The highest BCUT2D eigenvalue weighted by molar-refractivity contribution is 7.03. The van der Waals surface area contributed by atoms with Gasteiger partial charge in [0.05, 0.1) is 0 Å². The molecule has 2 aromatic heterocycles. The largest absolute Gasteiger partial charge is 0.349 e. The number of nitrogens with one attached hydrogen (secondary N) is 1. The monoisotopic (exact) mass is 423 g/mol. The summed E-state index contributed by atoms with van der Waals surface area (Å²) in [4.78, 5) is 32.6. The van der Waals surface area contributed by atoms with Crippen LogP contribution in [0.4, 0.5) is 5.69 Å². The number of hydrogen-bond acceptors (Lipinski definition) is 6. The quantitative estimate of drug-likeness (QED) is 0.673. The normalized spacial score (nSPS) is 12.3. The van der Waals surface area contributed by atoms with Gasteiger partial charge in [0.15, 0.2) is 5.69 Å². The molecular formula is C22H25N5O2S. The van der Waals surface area contributed by atoms with Crippen molar-refractivity contribution < 1.29 is 9.59 Å². The van der Waals surface area contributed by atoms with Crippen molar-refractivity contribution in [3.63, 3.8) is 0 Å². The van der Waals surface area contributed by atoms with Crippen molar-refractivity contribution >= 4 is 29.0 Å². The van der Waals surface area contributed by atoms with Crippen LogP contribution >= 0.6 is 11.5 Å². The van der Waals surface area contributed by atoms with Crippen LogP contribution in [-0.4, -0.2) is 31.9 Å². The van der Waals surface area contributed by atoms with Gasteiger partial charge in [0.25, 0.3) is 5.91 Å². The molecule has 0 aliphatic rings. The number of pyridine rings is 1. The second-order valence-corrected chi connectivity index (χ2v) is 8.79. The van der Waals surface area contributed by atoms with Crippen molar-refractivity contribution in [3.05, 3.63) is 70.5 Å². The molecule has 2 heterocycles. The predicted octanol–water partition coefficient (Wildman–Crippen LogP) is 3.85. The molecule has 8 heteroatoms. The second-order valence-electron chi connectivity index (χ2n) is 8.18. The molecule has 30 heavy (non-hydrogen) atoms.